The lowest BCUT2D eigenvalue weighted by Gasteiger charge is -2.25. The molecule has 1 aliphatic rings. The highest BCUT2D eigenvalue weighted by Crippen LogP contribution is 2.65. The molecule has 0 bridgehead atoms. The van der Waals surface area contributed by atoms with Crippen LogP contribution < -0.4 is 9.46 Å². The summed E-state index contributed by atoms with van der Waals surface area (Å²) in [5.41, 5.74) is -5.04. The number of pyridine rings is 2. The molecule has 1 aliphatic carbocycles. The second-order valence-corrected chi connectivity index (χ2v) is 10.6. The summed E-state index contributed by atoms with van der Waals surface area (Å²) in [4.78, 5) is 7.75. The molecule has 6 nitrogen and oxygen atoms in total. The Balaban J connectivity index is 1.80. The van der Waals surface area contributed by atoms with Crippen molar-refractivity contribution in [3.8, 4) is 21.4 Å². The van der Waals surface area contributed by atoms with Crippen LogP contribution in [0.1, 0.15) is 21.1 Å². The van der Waals surface area contributed by atoms with Crippen molar-refractivity contribution < 1.29 is 35.8 Å². The van der Waals surface area contributed by atoms with Crippen molar-refractivity contribution in [2.75, 3.05) is 0 Å². The average molecular weight is 557 g/mol. The Morgan fingerprint density at radius 1 is 0.676 bits per heavy atom. The summed E-state index contributed by atoms with van der Waals surface area (Å²) in [6, 6.07) is 8.43. The van der Waals surface area contributed by atoms with Crippen LogP contribution >= 0.6 is 22.7 Å². The molecule has 0 spiro atoms. The molecule has 0 amide bonds. The van der Waals surface area contributed by atoms with Gasteiger partial charge in [0.1, 0.15) is 0 Å². The van der Waals surface area contributed by atoms with Gasteiger partial charge in [-0.2, -0.15) is 35.8 Å². The predicted octanol–water partition coefficient (Wildman–Crippen LogP) is 5.65. The maximum absolute atomic E-state index is 15.2. The van der Waals surface area contributed by atoms with Crippen LogP contribution in [-0.2, 0) is 0 Å². The molecule has 4 aromatic heterocycles. The Morgan fingerprint density at radius 3 is 1.41 bits per heavy atom. The third kappa shape index (κ3) is 3.53. The van der Waals surface area contributed by atoms with Gasteiger partial charge >= 0.3 is 17.8 Å². The monoisotopic (exact) mass is 556 g/mol. The van der Waals surface area contributed by atoms with E-state index < -0.39 is 40.3 Å². The summed E-state index contributed by atoms with van der Waals surface area (Å²) < 4.78 is 91.2. The molecular formula is C23H14F6N4O2S2. The van der Waals surface area contributed by atoms with Crippen molar-refractivity contribution in [3.63, 3.8) is 0 Å². The van der Waals surface area contributed by atoms with E-state index in [1.807, 2.05) is 0 Å². The van der Waals surface area contributed by atoms with Crippen LogP contribution in [0.3, 0.4) is 0 Å². The van der Waals surface area contributed by atoms with Crippen LogP contribution in [-0.4, -0.2) is 27.7 Å². The Bertz CT molecular complexity index is 1470. The SMILES string of the molecule is Cc1sc(-c2cccc[n+]2[O-])nc1C1=C(c2nc(-c3cccc[n+]3[O-])sc2C)C(F)(F)C(F)(F)C1(F)F. The van der Waals surface area contributed by atoms with E-state index in [1.165, 1.54) is 50.2 Å². The van der Waals surface area contributed by atoms with Crippen LogP contribution in [0.25, 0.3) is 32.5 Å². The van der Waals surface area contributed by atoms with Crippen molar-refractivity contribution in [2.24, 2.45) is 0 Å². The number of allylic oxidation sites excluding steroid dienone is 2. The number of hydrogen-bond acceptors (Lipinski definition) is 6. The lowest BCUT2D eigenvalue weighted by atomic mass is 10.0. The highest BCUT2D eigenvalue weighted by atomic mass is 32.1. The van der Waals surface area contributed by atoms with Gasteiger partial charge in [-0.1, -0.05) is 0 Å². The van der Waals surface area contributed by atoms with Crippen molar-refractivity contribution >= 4 is 33.8 Å². The molecule has 4 aromatic rings. The van der Waals surface area contributed by atoms with Gasteiger partial charge in [0.2, 0.25) is 0 Å². The van der Waals surface area contributed by atoms with Crippen LogP contribution in [0.2, 0.25) is 0 Å². The summed E-state index contributed by atoms with van der Waals surface area (Å²) in [6.45, 7) is 2.51. The molecule has 0 radical (unpaired) electrons. The molecule has 0 atom stereocenters. The van der Waals surface area contributed by atoms with Crippen LogP contribution in [0.5, 0.6) is 0 Å². The number of alkyl halides is 6. The van der Waals surface area contributed by atoms with Gasteiger partial charge in [-0.25, -0.2) is 9.97 Å². The quantitative estimate of drug-likeness (QED) is 0.185. The molecule has 37 heavy (non-hydrogen) atoms. The highest BCUT2D eigenvalue weighted by Gasteiger charge is 2.81. The van der Waals surface area contributed by atoms with Gasteiger partial charge < -0.3 is 10.4 Å². The molecule has 0 aromatic carbocycles. The van der Waals surface area contributed by atoms with E-state index in [4.69, 9.17) is 0 Å². The maximum atomic E-state index is 15.2. The number of aryl methyl sites for hydroxylation is 2. The topological polar surface area (TPSA) is 79.7 Å². The first-order chi connectivity index (χ1) is 17.3. The minimum Gasteiger partial charge on any atom is -0.618 e. The summed E-state index contributed by atoms with van der Waals surface area (Å²) in [6.07, 6.45) is 2.24. The van der Waals surface area contributed by atoms with Gasteiger partial charge in [0.05, 0.1) is 22.5 Å². The van der Waals surface area contributed by atoms with Crippen molar-refractivity contribution in [2.45, 2.75) is 31.6 Å². The Hall–Kier alpha value is -3.52. The van der Waals surface area contributed by atoms with Gasteiger partial charge in [-0.3, -0.25) is 0 Å². The van der Waals surface area contributed by atoms with Crippen LogP contribution in [0.4, 0.5) is 26.3 Å². The third-order valence-electron chi connectivity index (χ3n) is 5.82. The first-order valence-corrected chi connectivity index (χ1v) is 12.1. The smallest absolute Gasteiger partial charge is 0.380 e. The standard InChI is InChI=1S/C23H14F6N4O2S2/c1-11-17(30-19(36-11)13-7-3-5-9-32(13)34)15-16(22(26,27)23(28,29)21(15,24)25)18-12(2)37-20(31-18)14-8-4-6-10-33(14)35/h3-10H,1-2H3. The Labute approximate surface area is 213 Å². The molecule has 0 N–H and O–H groups in total. The van der Waals surface area contributed by atoms with E-state index in [2.05, 4.69) is 9.97 Å². The molecule has 0 unspecified atom stereocenters. The molecule has 0 saturated heterocycles. The maximum Gasteiger partial charge on any atom is 0.380 e. The number of aromatic nitrogens is 4. The fourth-order valence-electron chi connectivity index (χ4n) is 4.02. The van der Waals surface area contributed by atoms with Gasteiger partial charge in [0, 0.05) is 34.0 Å². The fraction of sp³-hybridized carbons (Fsp3) is 0.217. The third-order valence-corrected chi connectivity index (χ3v) is 7.81. The number of halogens is 6. The van der Waals surface area contributed by atoms with Crippen LogP contribution in [0, 0.1) is 24.3 Å². The number of thiazole rings is 2. The molecule has 5 rings (SSSR count). The van der Waals surface area contributed by atoms with Crippen molar-refractivity contribution in [1.29, 1.82) is 0 Å². The number of nitrogens with zero attached hydrogens (tertiary/aromatic N) is 4. The number of hydrogen-bond donors (Lipinski definition) is 0. The summed E-state index contributed by atoms with van der Waals surface area (Å²) in [5, 5.41) is 24.0. The van der Waals surface area contributed by atoms with E-state index in [9.17, 15) is 19.2 Å². The van der Waals surface area contributed by atoms with Crippen molar-refractivity contribution in [3.05, 3.63) is 80.3 Å². The molecule has 0 aliphatic heterocycles. The molecule has 0 saturated carbocycles. The second-order valence-electron chi connectivity index (χ2n) is 8.14. The summed E-state index contributed by atoms with van der Waals surface area (Å²) in [7, 11) is 0. The van der Waals surface area contributed by atoms with Gasteiger partial charge in [0.15, 0.2) is 22.4 Å². The van der Waals surface area contributed by atoms with Gasteiger partial charge in [0.25, 0.3) is 11.4 Å². The first-order valence-electron chi connectivity index (χ1n) is 10.5. The molecule has 4 heterocycles. The zero-order chi connectivity index (χ0) is 26.9. The number of rotatable bonds is 4. The molecule has 192 valence electrons. The lowest BCUT2D eigenvalue weighted by Crippen LogP contribution is -2.49. The summed E-state index contributed by atoms with van der Waals surface area (Å²) >= 11 is 1.45. The fourth-order valence-corrected chi connectivity index (χ4v) is 5.89. The Morgan fingerprint density at radius 2 is 1.05 bits per heavy atom. The molecule has 0 fully saturated rings. The van der Waals surface area contributed by atoms with E-state index in [0.717, 1.165) is 35.1 Å². The molecule has 14 heteroatoms. The lowest BCUT2D eigenvalue weighted by molar-refractivity contribution is -0.593. The van der Waals surface area contributed by atoms with Gasteiger partial charge in [-0.05, 0) is 26.0 Å². The van der Waals surface area contributed by atoms with Gasteiger partial charge in [-0.15, -0.1) is 22.7 Å². The minimum absolute atomic E-state index is 0.0694. The zero-order valence-corrected chi connectivity index (χ0v) is 20.4. The summed E-state index contributed by atoms with van der Waals surface area (Å²) in [5.74, 6) is -16.4. The average Bonchev–Trinajstić information content (AvgIpc) is 3.41. The second kappa shape index (κ2) is 8.25. The normalized spacial score (nSPS) is 17.9. The zero-order valence-electron chi connectivity index (χ0n) is 18.8. The van der Waals surface area contributed by atoms with E-state index >= 15 is 17.6 Å². The van der Waals surface area contributed by atoms with E-state index in [-0.39, 0.29) is 31.2 Å². The predicted molar refractivity (Wildman–Crippen MR) is 124 cm³/mol. The highest BCUT2D eigenvalue weighted by molar-refractivity contribution is 7.15. The Kier molecular flexibility index (Phi) is 5.60. The largest absolute Gasteiger partial charge is 0.618 e. The molecular weight excluding hydrogens is 542 g/mol. The first kappa shape index (κ1) is 25.1. The van der Waals surface area contributed by atoms with E-state index in [1.54, 1.807) is 0 Å². The minimum atomic E-state index is -5.80. The van der Waals surface area contributed by atoms with Crippen molar-refractivity contribution in [1.82, 2.24) is 9.97 Å². The van der Waals surface area contributed by atoms with E-state index in [0.29, 0.717) is 9.46 Å². The van der Waals surface area contributed by atoms with Crippen LogP contribution in [0.15, 0.2) is 48.8 Å².